The van der Waals surface area contributed by atoms with Crippen LogP contribution in [0.3, 0.4) is 0 Å². The number of aromatic nitrogens is 1. The second-order valence-electron chi connectivity index (χ2n) is 14.1. The number of aryl methyl sites for hydroxylation is 1. The van der Waals surface area contributed by atoms with Crippen LogP contribution in [0.5, 0.6) is 0 Å². The molecule has 1 aromatic heterocycles. The van der Waals surface area contributed by atoms with Crippen LogP contribution in [0.2, 0.25) is 0 Å². The zero-order valence-corrected chi connectivity index (χ0v) is 30.1. The number of anilines is 3. The summed E-state index contributed by atoms with van der Waals surface area (Å²) < 4.78 is 2.42. The predicted molar refractivity (Wildman–Crippen MR) is 222 cm³/mol. The molecule has 0 amide bonds. The normalized spacial score (nSPS) is 13.6. The average Bonchev–Trinajstić information content (AvgIpc) is 3.52. The highest BCUT2D eigenvalue weighted by atomic mass is 15.2. The van der Waals surface area contributed by atoms with E-state index in [1.165, 1.54) is 55.8 Å². The number of hydrogen-bond acceptors (Lipinski definition) is 1. The average molecular weight is 681 g/mol. The summed E-state index contributed by atoms with van der Waals surface area (Å²) in [4.78, 5) is 2.45. The Morgan fingerprint density at radius 2 is 1.08 bits per heavy atom. The topological polar surface area (TPSA) is 8.17 Å². The molecule has 0 radical (unpaired) electrons. The molecule has 0 saturated heterocycles. The summed E-state index contributed by atoms with van der Waals surface area (Å²) in [7, 11) is 0. The first-order chi connectivity index (χ1) is 26.1. The van der Waals surface area contributed by atoms with Gasteiger partial charge in [-0.15, -0.1) is 12.3 Å². The number of para-hydroxylation sites is 3. The second kappa shape index (κ2) is 13.2. The number of fused-ring (bicyclic) bond motifs is 3. The number of rotatable bonds is 7. The van der Waals surface area contributed by atoms with Crippen molar-refractivity contribution in [1.82, 2.24) is 4.57 Å². The molecule has 0 saturated carbocycles. The number of nitrogens with zero attached hydrogens (tertiary/aromatic N) is 2. The summed E-state index contributed by atoms with van der Waals surface area (Å²) >= 11 is 0. The molecule has 1 atom stereocenters. The fraction of sp³-hybridized carbons (Fsp3) is 0.0980. The first-order valence-electron chi connectivity index (χ1n) is 18.5. The SMILES string of the molecule is C#CCC(C)c1c(C)c2ccccc2n1-c1cccc(-c2cccc(N3c4ccccc4C(c4ccccc4)(c4ccccc4)c4ccccc43)c2)c1. The maximum Gasteiger partial charge on any atom is 0.0742 e. The van der Waals surface area contributed by atoms with Crippen LogP contribution in [-0.2, 0) is 5.41 Å². The van der Waals surface area contributed by atoms with Gasteiger partial charge in [-0.1, -0.05) is 146 Å². The zero-order chi connectivity index (χ0) is 35.9. The maximum atomic E-state index is 5.85. The van der Waals surface area contributed by atoms with Crippen molar-refractivity contribution >= 4 is 28.0 Å². The molecular weight excluding hydrogens is 641 g/mol. The summed E-state index contributed by atoms with van der Waals surface area (Å²) in [5, 5.41) is 1.27. The van der Waals surface area contributed by atoms with Crippen LogP contribution in [0.4, 0.5) is 17.1 Å². The van der Waals surface area contributed by atoms with Gasteiger partial charge in [-0.05, 0) is 88.3 Å². The molecule has 1 unspecified atom stereocenters. The first kappa shape index (κ1) is 32.4. The van der Waals surface area contributed by atoms with E-state index in [4.69, 9.17) is 6.42 Å². The van der Waals surface area contributed by atoms with Crippen LogP contribution in [0.25, 0.3) is 27.7 Å². The molecule has 2 heteroatoms. The van der Waals surface area contributed by atoms with Gasteiger partial charge in [0.2, 0.25) is 0 Å². The molecule has 1 aliphatic heterocycles. The summed E-state index contributed by atoms with van der Waals surface area (Å²) in [6.07, 6.45) is 6.53. The molecule has 8 aromatic rings. The monoisotopic (exact) mass is 680 g/mol. The Balaban J connectivity index is 1.22. The summed E-state index contributed by atoms with van der Waals surface area (Å²) in [6, 6.07) is 66.4. The van der Waals surface area contributed by atoms with Crippen LogP contribution in [-0.4, -0.2) is 4.57 Å². The molecule has 53 heavy (non-hydrogen) atoms. The highest BCUT2D eigenvalue weighted by Gasteiger charge is 2.46. The summed E-state index contributed by atoms with van der Waals surface area (Å²) in [5.74, 6) is 3.13. The maximum absolute atomic E-state index is 5.85. The Morgan fingerprint density at radius 3 is 1.68 bits per heavy atom. The molecule has 0 N–H and O–H groups in total. The molecule has 0 bridgehead atoms. The van der Waals surface area contributed by atoms with Crippen LogP contribution < -0.4 is 4.90 Å². The van der Waals surface area contributed by atoms with E-state index in [1.807, 2.05) is 0 Å². The van der Waals surface area contributed by atoms with Crippen LogP contribution in [0.15, 0.2) is 182 Å². The smallest absolute Gasteiger partial charge is 0.0742 e. The Morgan fingerprint density at radius 1 is 0.566 bits per heavy atom. The fourth-order valence-corrected chi connectivity index (χ4v) is 8.90. The molecule has 2 heterocycles. The Kier molecular flexibility index (Phi) is 8.06. The van der Waals surface area contributed by atoms with Crippen molar-refractivity contribution in [2.45, 2.75) is 31.6 Å². The van der Waals surface area contributed by atoms with Gasteiger partial charge in [-0.3, -0.25) is 0 Å². The van der Waals surface area contributed by atoms with Crippen molar-refractivity contribution in [2.24, 2.45) is 0 Å². The lowest BCUT2D eigenvalue weighted by Crippen LogP contribution is -2.37. The van der Waals surface area contributed by atoms with Crippen molar-refractivity contribution in [2.75, 3.05) is 4.90 Å². The van der Waals surface area contributed by atoms with E-state index in [2.05, 4.69) is 211 Å². The van der Waals surface area contributed by atoms with E-state index in [1.54, 1.807) is 0 Å². The van der Waals surface area contributed by atoms with Gasteiger partial charge in [0.15, 0.2) is 0 Å². The standard InChI is InChI=1S/C51H40N2/c1-4-19-36(2)50-37(3)44-28-11-14-31-47(44)53(50)43-27-18-21-39(35-43)38-20-17-26-42(34-38)52-48-32-15-12-29-45(48)51(40-22-7-5-8-23-40,41-24-9-6-10-25-41)46-30-13-16-33-49(46)52/h1,5-18,20-36H,19H2,2-3H3. The Hall–Kier alpha value is -6.56. The lowest BCUT2D eigenvalue weighted by molar-refractivity contribution is 0.731. The van der Waals surface area contributed by atoms with Gasteiger partial charge in [-0.2, -0.15) is 0 Å². The van der Waals surface area contributed by atoms with Crippen LogP contribution in [0.1, 0.15) is 52.8 Å². The van der Waals surface area contributed by atoms with Gasteiger partial charge in [0, 0.05) is 34.8 Å². The van der Waals surface area contributed by atoms with Crippen molar-refractivity contribution < 1.29 is 0 Å². The lowest BCUT2D eigenvalue weighted by Gasteiger charge is -2.46. The van der Waals surface area contributed by atoms with Gasteiger partial charge >= 0.3 is 0 Å². The minimum absolute atomic E-state index is 0.220. The minimum atomic E-state index is -0.496. The molecule has 9 rings (SSSR count). The lowest BCUT2D eigenvalue weighted by atomic mass is 9.62. The van der Waals surface area contributed by atoms with E-state index in [0.717, 1.165) is 22.5 Å². The van der Waals surface area contributed by atoms with Gasteiger partial charge in [0.1, 0.15) is 0 Å². The highest BCUT2D eigenvalue weighted by molar-refractivity contribution is 5.91. The molecule has 0 fully saturated rings. The third-order valence-electron chi connectivity index (χ3n) is 11.1. The molecule has 0 aliphatic carbocycles. The molecule has 7 aromatic carbocycles. The van der Waals surface area contributed by atoms with Crippen LogP contribution >= 0.6 is 0 Å². The fourth-order valence-electron chi connectivity index (χ4n) is 8.90. The number of terminal acetylenes is 1. The van der Waals surface area contributed by atoms with E-state index in [9.17, 15) is 0 Å². The predicted octanol–water partition coefficient (Wildman–Crippen LogP) is 12.9. The van der Waals surface area contributed by atoms with E-state index in [-0.39, 0.29) is 5.92 Å². The molecule has 2 nitrogen and oxygen atoms in total. The third kappa shape index (κ3) is 5.12. The van der Waals surface area contributed by atoms with E-state index < -0.39 is 5.41 Å². The van der Waals surface area contributed by atoms with Gasteiger partial charge < -0.3 is 9.47 Å². The highest BCUT2D eigenvalue weighted by Crippen LogP contribution is 2.57. The van der Waals surface area contributed by atoms with E-state index >= 15 is 0 Å². The Bertz CT molecular complexity index is 2550. The molecular formula is C51H40N2. The number of benzene rings is 7. The van der Waals surface area contributed by atoms with Gasteiger partial charge in [0.05, 0.1) is 22.3 Å². The summed E-state index contributed by atoms with van der Waals surface area (Å²) in [5.41, 5.74) is 15.2. The van der Waals surface area contributed by atoms with Crippen molar-refractivity contribution in [3.63, 3.8) is 0 Å². The largest absolute Gasteiger partial charge is 0.313 e. The molecule has 1 aliphatic rings. The molecule has 0 spiro atoms. The van der Waals surface area contributed by atoms with Gasteiger partial charge in [0.25, 0.3) is 0 Å². The molecule has 254 valence electrons. The minimum Gasteiger partial charge on any atom is -0.313 e. The second-order valence-corrected chi connectivity index (χ2v) is 14.1. The number of hydrogen-bond donors (Lipinski definition) is 0. The van der Waals surface area contributed by atoms with Gasteiger partial charge in [-0.25, -0.2) is 0 Å². The Labute approximate surface area is 312 Å². The van der Waals surface area contributed by atoms with Crippen LogP contribution in [0, 0.1) is 19.3 Å². The van der Waals surface area contributed by atoms with E-state index in [0.29, 0.717) is 6.42 Å². The zero-order valence-electron chi connectivity index (χ0n) is 30.1. The van der Waals surface area contributed by atoms with Crippen molar-refractivity contribution in [1.29, 1.82) is 0 Å². The first-order valence-corrected chi connectivity index (χ1v) is 18.5. The quantitative estimate of drug-likeness (QED) is 0.152. The van der Waals surface area contributed by atoms with Crippen molar-refractivity contribution in [3.8, 4) is 29.2 Å². The third-order valence-corrected chi connectivity index (χ3v) is 11.1. The van der Waals surface area contributed by atoms with Crippen molar-refractivity contribution in [3.05, 3.63) is 216 Å². The summed E-state index contributed by atoms with van der Waals surface area (Å²) in [6.45, 7) is 4.47.